The number of benzene rings is 1. The highest BCUT2D eigenvalue weighted by Crippen LogP contribution is 2.07. The second-order valence-electron chi connectivity index (χ2n) is 4.37. The zero-order valence-corrected chi connectivity index (χ0v) is 11.5. The minimum Gasteiger partial charge on any atom is -0.491 e. The molecule has 0 saturated heterocycles. The molecule has 1 atom stereocenters. The Hall–Kier alpha value is -1.06. The molecule has 0 saturated carbocycles. The Kier molecular flexibility index (Phi) is 8.26. The van der Waals surface area contributed by atoms with Gasteiger partial charge in [-0.2, -0.15) is 0 Å². The van der Waals surface area contributed by atoms with E-state index in [4.69, 9.17) is 9.47 Å². The average Bonchev–Trinajstić information content (AvgIpc) is 2.39. The van der Waals surface area contributed by atoms with Gasteiger partial charge in [0.2, 0.25) is 0 Å². The summed E-state index contributed by atoms with van der Waals surface area (Å²) in [5, 5.41) is 3.39. The maximum absolute atomic E-state index is 5.53. The minimum absolute atomic E-state index is 0.583. The Morgan fingerprint density at radius 1 is 1.11 bits per heavy atom. The molecule has 3 nitrogen and oxygen atoms in total. The summed E-state index contributed by atoms with van der Waals surface area (Å²) >= 11 is 0. The third-order valence-corrected chi connectivity index (χ3v) is 2.72. The number of para-hydroxylation sites is 1. The van der Waals surface area contributed by atoms with Crippen molar-refractivity contribution < 1.29 is 9.47 Å². The van der Waals surface area contributed by atoms with Crippen LogP contribution in [0.5, 0.6) is 5.75 Å². The van der Waals surface area contributed by atoms with Gasteiger partial charge in [0, 0.05) is 12.6 Å². The van der Waals surface area contributed by atoms with E-state index in [0.29, 0.717) is 19.3 Å². The molecule has 0 aromatic heterocycles. The zero-order chi connectivity index (χ0) is 13.1. The summed E-state index contributed by atoms with van der Waals surface area (Å²) in [6, 6.07) is 10.4. The minimum atomic E-state index is 0.583. The highest BCUT2D eigenvalue weighted by Gasteiger charge is 1.99. The molecule has 0 aliphatic carbocycles. The lowest BCUT2D eigenvalue weighted by molar-refractivity contribution is 0.0962. The molecule has 3 heteroatoms. The molecule has 1 aromatic rings. The second-order valence-corrected chi connectivity index (χ2v) is 4.37. The Bertz CT molecular complexity index is 290. The van der Waals surface area contributed by atoms with Crippen LogP contribution in [0.25, 0.3) is 0 Å². The maximum Gasteiger partial charge on any atom is 0.119 e. The standard InChI is InChI=1S/C15H25NO2/c1-3-16-14(2)8-7-11-17-12-13-18-15-9-5-4-6-10-15/h4-6,9-10,14,16H,3,7-8,11-13H2,1-2H3. The van der Waals surface area contributed by atoms with Crippen LogP contribution in [-0.2, 0) is 4.74 Å². The highest BCUT2D eigenvalue weighted by atomic mass is 16.5. The number of hydrogen-bond acceptors (Lipinski definition) is 3. The highest BCUT2D eigenvalue weighted by molar-refractivity contribution is 5.20. The van der Waals surface area contributed by atoms with E-state index in [2.05, 4.69) is 19.2 Å². The van der Waals surface area contributed by atoms with Gasteiger partial charge in [0.15, 0.2) is 0 Å². The predicted molar refractivity (Wildman–Crippen MR) is 75.1 cm³/mol. The Morgan fingerprint density at radius 2 is 1.89 bits per heavy atom. The van der Waals surface area contributed by atoms with Crippen molar-refractivity contribution in [2.75, 3.05) is 26.4 Å². The zero-order valence-electron chi connectivity index (χ0n) is 11.5. The summed E-state index contributed by atoms with van der Waals surface area (Å²) in [6.07, 6.45) is 2.26. The van der Waals surface area contributed by atoms with Crippen LogP contribution >= 0.6 is 0 Å². The van der Waals surface area contributed by atoms with Gasteiger partial charge in [-0.3, -0.25) is 0 Å². The molecular weight excluding hydrogens is 226 g/mol. The molecule has 0 aliphatic rings. The van der Waals surface area contributed by atoms with Crippen LogP contribution in [0.4, 0.5) is 0 Å². The van der Waals surface area contributed by atoms with Gasteiger partial charge in [0.05, 0.1) is 6.61 Å². The van der Waals surface area contributed by atoms with E-state index in [1.807, 2.05) is 30.3 Å². The molecule has 1 rings (SSSR count). The van der Waals surface area contributed by atoms with Crippen molar-refractivity contribution in [3.63, 3.8) is 0 Å². The topological polar surface area (TPSA) is 30.5 Å². The van der Waals surface area contributed by atoms with E-state index in [-0.39, 0.29) is 0 Å². The van der Waals surface area contributed by atoms with Crippen LogP contribution in [0.15, 0.2) is 30.3 Å². The normalized spacial score (nSPS) is 12.3. The molecule has 0 fully saturated rings. The van der Waals surface area contributed by atoms with Crippen molar-refractivity contribution in [3.8, 4) is 5.75 Å². The van der Waals surface area contributed by atoms with Crippen LogP contribution in [0, 0.1) is 0 Å². The summed E-state index contributed by atoms with van der Waals surface area (Å²) in [6.45, 7) is 7.47. The first-order valence-electron chi connectivity index (χ1n) is 6.82. The van der Waals surface area contributed by atoms with Crippen LogP contribution in [0.1, 0.15) is 26.7 Å². The van der Waals surface area contributed by atoms with Gasteiger partial charge >= 0.3 is 0 Å². The van der Waals surface area contributed by atoms with Crippen molar-refractivity contribution in [1.82, 2.24) is 5.32 Å². The van der Waals surface area contributed by atoms with Gasteiger partial charge in [-0.25, -0.2) is 0 Å². The quantitative estimate of drug-likeness (QED) is 0.649. The van der Waals surface area contributed by atoms with Crippen molar-refractivity contribution in [3.05, 3.63) is 30.3 Å². The molecule has 0 radical (unpaired) electrons. The van der Waals surface area contributed by atoms with Crippen molar-refractivity contribution in [2.45, 2.75) is 32.7 Å². The Labute approximate surface area is 110 Å². The first-order valence-corrected chi connectivity index (χ1v) is 6.82. The van der Waals surface area contributed by atoms with E-state index in [9.17, 15) is 0 Å². The van der Waals surface area contributed by atoms with Crippen LogP contribution < -0.4 is 10.1 Å². The Morgan fingerprint density at radius 3 is 2.61 bits per heavy atom. The van der Waals surface area contributed by atoms with Crippen molar-refractivity contribution >= 4 is 0 Å². The van der Waals surface area contributed by atoms with Crippen LogP contribution in [-0.4, -0.2) is 32.4 Å². The third kappa shape index (κ3) is 7.30. The molecule has 0 bridgehead atoms. The fourth-order valence-electron chi connectivity index (χ4n) is 1.78. The number of rotatable bonds is 10. The van der Waals surface area contributed by atoms with Gasteiger partial charge in [-0.15, -0.1) is 0 Å². The van der Waals surface area contributed by atoms with E-state index < -0.39 is 0 Å². The molecule has 18 heavy (non-hydrogen) atoms. The first-order chi connectivity index (χ1) is 8.83. The van der Waals surface area contributed by atoms with E-state index in [1.54, 1.807) is 0 Å². The second kappa shape index (κ2) is 9.92. The molecule has 1 N–H and O–H groups in total. The smallest absolute Gasteiger partial charge is 0.119 e. The van der Waals surface area contributed by atoms with Gasteiger partial charge in [-0.05, 0) is 38.4 Å². The summed E-state index contributed by atoms with van der Waals surface area (Å²) in [7, 11) is 0. The SMILES string of the molecule is CCNC(C)CCCOCCOc1ccccc1. The van der Waals surface area contributed by atoms with Crippen LogP contribution in [0.2, 0.25) is 0 Å². The lowest BCUT2D eigenvalue weighted by atomic mass is 10.2. The first kappa shape index (κ1) is 15.0. The molecule has 0 aliphatic heterocycles. The summed E-state index contributed by atoms with van der Waals surface area (Å²) < 4.78 is 11.1. The third-order valence-electron chi connectivity index (χ3n) is 2.72. The van der Waals surface area contributed by atoms with Crippen LogP contribution in [0.3, 0.4) is 0 Å². The molecule has 0 amide bonds. The molecule has 1 unspecified atom stereocenters. The predicted octanol–water partition coefficient (Wildman–Crippen LogP) is 2.86. The fourth-order valence-corrected chi connectivity index (χ4v) is 1.78. The summed E-state index contributed by atoms with van der Waals surface area (Å²) in [5.41, 5.74) is 0. The number of hydrogen-bond donors (Lipinski definition) is 1. The summed E-state index contributed by atoms with van der Waals surface area (Å²) in [4.78, 5) is 0. The molecular formula is C15H25NO2. The van der Waals surface area contributed by atoms with E-state index in [0.717, 1.165) is 31.7 Å². The number of ether oxygens (including phenoxy) is 2. The lowest BCUT2D eigenvalue weighted by Gasteiger charge is -2.12. The lowest BCUT2D eigenvalue weighted by Crippen LogP contribution is -2.25. The van der Waals surface area contributed by atoms with Gasteiger partial charge in [0.25, 0.3) is 0 Å². The Balaban J connectivity index is 1.90. The van der Waals surface area contributed by atoms with Gasteiger partial charge < -0.3 is 14.8 Å². The van der Waals surface area contributed by atoms with Crippen molar-refractivity contribution in [2.24, 2.45) is 0 Å². The molecule has 0 spiro atoms. The molecule has 0 heterocycles. The monoisotopic (exact) mass is 251 g/mol. The largest absolute Gasteiger partial charge is 0.491 e. The van der Waals surface area contributed by atoms with Gasteiger partial charge in [-0.1, -0.05) is 25.1 Å². The van der Waals surface area contributed by atoms with E-state index in [1.165, 1.54) is 0 Å². The average molecular weight is 251 g/mol. The molecule has 102 valence electrons. The maximum atomic E-state index is 5.53. The van der Waals surface area contributed by atoms with E-state index >= 15 is 0 Å². The molecule has 1 aromatic carbocycles. The van der Waals surface area contributed by atoms with Gasteiger partial charge in [0.1, 0.15) is 12.4 Å². The number of nitrogens with one attached hydrogen (secondary N) is 1. The summed E-state index contributed by atoms with van der Waals surface area (Å²) in [5.74, 6) is 0.905. The fraction of sp³-hybridized carbons (Fsp3) is 0.600. The van der Waals surface area contributed by atoms with Crippen molar-refractivity contribution in [1.29, 1.82) is 0 Å².